The van der Waals surface area contributed by atoms with Crippen LogP contribution in [0.15, 0.2) is 0 Å². The third-order valence-corrected chi connectivity index (χ3v) is 5.77. The summed E-state index contributed by atoms with van der Waals surface area (Å²) >= 11 is 0. The lowest BCUT2D eigenvalue weighted by Gasteiger charge is -2.20. The first kappa shape index (κ1) is 32.0. The minimum absolute atomic E-state index is 0.0475. The van der Waals surface area contributed by atoms with Crippen LogP contribution in [0, 0.1) is 13.8 Å². The fourth-order valence-electron chi connectivity index (χ4n) is 2.95. The number of esters is 2. The van der Waals surface area contributed by atoms with E-state index in [4.69, 9.17) is 19.7 Å². The minimum atomic E-state index is -4.34. The number of unbranched alkanes of at least 4 members (excludes halogenated alkanes) is 10. The second-order valence-electron chi connectivity index (χ2n) is 7.92. The fraction of sp³-hybridized carbons (Fsp3) is 0.826. The summed E-state index contributed by atoms with van der Waals surface area (Å²) in [5.74, 6) is -0.932. The second-order valence-corrected chi connectivity index (χ2v) is 9.38. The Bertz CT molecular complexity index is 547. The molecule has 0 radical (unpaired) electrons. The average Bonchev–Trinajstić information content (AvgIpc) is 2.79. The van der Waals surface area contributed by atoms with Crippen LogP contribution in [0.2, 0.25) is 0 Å². The van der Waals surface area contributed by atoms with Gasteiger partial charge in [0.2, 0.25) is 0 Å². The first-order chi connectivity index (χ1) is 15.8. The van der Waals surface area contributed by atoms with E-state index >= 15 is 0 Å². The molecule has 0 bridgehead atoms. The number of phosphoric acid groups is 1. The van der Waals surface area contributed by atoms with E-state index < -0.39 is 32.5 Å². The van der Waals surface area contributed by atoms with E-state index in [2.05, 4.69) is 18.4 Å². The molecule has 0 rings (SSSR count). The van der Waals surface area contributed by atoms with E-state index in [0.29, 0.717) is 12.8 Å². The number of hydrogen-bond acceptors (Lipinski definition) is 8. The molecule has 2 atom stereocenters. The molecular formula is C23H44NO8P-2. The van der Waals surface area contributed by atoms with Gasteiger partial charge in [0.1, 0.15) is 6.61 Å². The molecule has 0 aliphatic carbocycles. The van der Waals surface area contributed by atoms with Crippen LogP contribution >= 0.6 is 7.82 Å². The highest BCUT2D eigenvalue weighted by molar-refractivity contribution is 7.47. The zero-order valence-electron chi connectivity index (χ0n) is 20.0. The molecule has 0 aliphatic heterocycles. The predicted molar refractivity (Wildman–Crippen MR) is 127 cm³/mol. The van der Waals surface area contributed by atoms with E-state index in [9.17, 15) is 19.0 Å². The smallest absolute Gasteiger partial charge is 0.462 e. The van der Waals surface area contributed by atoms with Crippen molar-refractivity contribution < 1.29 is 37.6 Å². The van der Waals surface area contributed by atoms with Gasteiger partial charge in [0.15, 0.2) is 6.10 Å². The topological polar surface area (TPSA) is 134 Å². The monoisotopic (exact) mass is 493 g/mol. The van der Waals surface area contributed by atoms with Gasteiger partial charge >= 0.3 is 19.8 Å². The standard InChI is InChI=1S/C23H44NO8P/c1-3-5-7-8-9-10-11-12-13-14-16-22(25)29-19-21(32-23(26)15-6-4-2)20-31-33(27,28)30-18-17-24/h21H,1-20,24H2,(H,27,28)/q-2/t21-/m1/s1. The Kier molecular flexibility index (Phi) is 20.9. The number of hydrogen-bond donors (Lipinski definition) is 2. The van der Waals surface area contributed by atoms with Crippen molar-refractivity contribution >= 4 is 19.8 Å². The molecule has 33 heavy (non-hydrogen) atoms. The molecule has 0 heterocycles. The first-order valence-corrected chi connectivity index (χ1v) is 13.6. The normalized spacial score (nSPS) is 13.9. The largest absolute Gasteiger partial charge is 0.472 e. The molecule has 0 spiro atoms. The number of carbonyl (C=O) groups excluding carboxylic acids is 2. The van der Waals surface area contributed by atoms with Gasteiger partial charge in [-0.15, -0.1) is 0 Å². The predicted octanol–water partition coefficient (Wildman–Crippen LogP) is 4.66. The van der Waals surface area contributed by atoms with E-state index in [0.717, 1.165) is 32.1 Å². The lowest BCUT2D eigenvalue weighted by atomic mass is 10.1. The molecule has 0 aromatic rings. The van der Waals surface area contributed by atoms with Gasteiger partial charge in [0.25, 0.3) is 0 Å². The number of rotatable bonds is 23. The van der Waals surface area contributed by atoms with E-state index in [1.165, 1.54) is 32.1 Å². The molecule has 3 N–H and O–H groups in total. The van der Waals surface area contributed by atoms with Gasteiger partial charge in [0, 0.05) is 19.4 Å². The van der Waals surface area contributed by atoms with Crippen molar-refractivity contribution in [1.82, 2.24) is 0 Å². The molecule has 196 valence electrons. The molecular weight excluding hydrogens is 449 g/mol. The van der Waals surface area contributed by atoms with Crippen LogP contribution in [0.4, 0.5) is 0 Å². The third-order valence-electron chi connectivity index (χ3n) is 4.79. The number of nitrogens with two attached hydrogens (primary N) is 1. The highest BCUT2D eigenvalue weighted by atomic mass is 31.2. The van der Waals surface area contributed by atoms with Crippen LogP contribution in [0.1, 0.15) is 89.9 Å². The van der Waals surface area contributed by atoms with Gasteiger partial charge in [-0.1, -0.05) is 57.8 Å². The molecule has 9 nitrogen and oxygen atoms in total. The summed E-state index contributed by atoms with van der Waals surface area (Å²) < 4.78 is 31.7. The Morgan fingerprint density at radius 3 is 1.91 bits per heavy atom. The van der Waals surface area contributed by atoms with Gasteiger partial charge < -0.3 is 33.9 Å². The van der Waals surface area contributed by atoms with Crippen LogP contribution in [-0.2, 0) is 32.7 Å². The van der Waals surface area contributed by atoms with Crippen LogP contribution in [-0.4, -0.2) is 49.3 Å². The number of ether oxygens (including phenoxy) is 2. The molecule has 10 heteroatoms. The number of phosphoric ester groups is 1. The van der Waals surface area contributed by atoms with Crippen molar-refractivity contribution in [3.63, 3.8) is 0 Å². The molecule has 0 aliphatic rings. The lowest BCUT2D eigenvalue weighted by molar-refractivity contribution is -0.161. The van der Waals surface area contributed by atoms with Crippen molar-refractivity contribution in [3.05, 3.63) is 13.8 Å². The van der Waals surface area contributed by atoms with Crippen LogP contribution in [0.25, 0.3) is 0 Å². The molecule has 0 saturated carbocycles. The van der Waals surface area contributed by atoms with Crippen LogP contribution in [0.5, 0.6) is 0 Å². The van der Waals surface area contributed by atoms with E-state index in [-0.39, 0.29) is 32.6 Å². The summed E-state index contributed by atoms with van der Waals surface area (Å²) in [6.07, 6.45) is 11.6. The fourth-order valence-corrected chi connectivity index (χ4v) is 3.72. The van der Waals surface area contributed by atoms with Crippen molar-refractivity contribution in [1.29, 1.82) is 0 Å². The summed E-state index contributed by atoms with van der Waals surface area (Å²) in [7, 11) is -4.34. The Morgan fingerprint density at radius 1 is 0.788 bits per heavy atom. The zero-order chi connectivity index (χ0) is 24.8. The zero-order valence-corrected chi connectivity index (χ0v) is 20.9. The molecule has 1 unspecified atom stereocenters. The maximum Gasteiger partial charge on any atom is 0.472 e. The average molecular weight is 494 g/mol. The van der Waals surface area contributed by atoms with Gasteiger partial charge in [-0.25, -0.2) is 4.57 Å². The number of carbonyl (C=O) groups is 2. The first-order valence-electron chi connectivity index (χ1n) is 12.1. The van der Waals surface area contributed by atoms with Gasteiger partial charge in [-0.3, -0.25) is 18.6 Å². The summed E-state index contributed by atoms with van der Waals surface area (Å²) in [6, 6.07) is 0. The minimum Gasteiger partial charge on any atom is -0.462 e. The van der Waals surface area contributed by atoms with E-state index in [1.54, 1.807) is 0 Å². The van der Waals surface area contributed by atoms with Crippen LogP contribution in [0.3, 0.4) is 0 Å². The van der Waals surface area contributed by atoms with Crippen molar-refractivity contribution in [2.75, 3.05) is 26.4 Å². The molecule has 0 amide bonds. The maximum atomic E-state index is 12.0. The van der Waals surface area contributed by atoms with Crippen molar-refractivity contribution in [2.45, 2.75) is 96.0 Å². The lowest BCUT2D eigenvalue weighted by Crippen LogP contribution is -2.29. The Hall–Kier alpha value is -0.990. The van der Waals surface area contributed by atoms with Gasteiger partial charge in [-0.2, -0.15) is 12.8 Å². The maximum absolute atomic E-state index is 12.0. The summed E-state index contributed by atoms with van der Waals surface area (Å²) in [4.78, 5) is 33.5. The van der Waals surface area contributed by atoms with Crippen LogP contribution < -0.4 is 5.73 Å². The Labute approximate surface area is 199 Å². The van der Waals surface area contributed by atoms with E-state index in [1.807, 2.05) is 0 Å². The van der Waals surface area contributed by atoms with Gasteiger partial charge in [0.05, 0.1) is 13.2 Å². The molecule has 0 saturated heterocycles. The van der Waals surface area contributed by atoms with Crippen molar-refractivity contribution in [3.8, 4) is 0 Å². The summed E-state index contributed by atoms with van der Waals surface area (Å²) in [5, 5.41) is 0. The summed E-state index contributed by atoms with van der Waals surface area (Å²) in [5.41, 5.74) is 5.23. The van der Waals surface area contributed by atoms with Gasteiger partial charge in [-0.05, 0) is 6.42 Å². The summed E-state index contributed by atoms with van der Waals surface area (Å²) in [6.45, 7) is 6.68. The highest BCUT2D eigenvalue weighted by Gasteiger charge is 2.25. The SMILES string of the molecule is [CH2-]CCCCCCCCCCCC(=O)OC[C@H](COP(=O)(O)OCCN)OC(=O)CCC[CH2-]. The molecule has 0 aromatic heterocycles. The molecule has 0 fully saturated rings. The Morgan fingerprint density at radius 2 is 1.33 bits per heavy atom. The quantitative estimate of drug-likeness (QED) is 0.0901. The van der Waals surface area contributed by atoms with Crippen molar-refractivity contribution in [2.24, 2.45) is 5.73 Å². The highest BCUT2D eigenvalue weighted by Crippen LogP contribution is 2.43. The second kappa shape index (κ2) is 21.5. The third kappa shape index (κ3) is 21.3. The Balaban J connectivity index is 4.20. The molecule has 0 aromatic carbocycles.